The van der Waals surface area contributed by atoms with Gasteiger partial charge in [0, 0.05) is 0 Å². The smallest absolute Gasteiger partial charge is 0.408 e. The molecule has 3 amide bonds. The van der Waals surface area contributed by atoms with Crippen LogP contribution in [0.2, 0.25) is 0 Å². The van der Waals surface area contributed by atoms with Crippen LogP contribution in [0.25, 0.3) is 0 Å². The molecule has 370 valence electrons. The molecule has 1 heterocycles. The van der Waals surface area contributed by atoms with Gasteiger partial charge in [-0.3, -0.25) is 9.59 Å². The molecule has 15 heteroatoms. The number of esters is 2. The van der Waals surface area contributed by atoms with Crippen LogP contribution in [0.4, 0.5) is 4.79 Å². The Bertz CT molecular complexity index is 2400. The highest BCUT2D eigenvalue weighted by atomic mass is 16.6. The molecule has 5 aromatic rings. The first-order valence-corrected chi connectivity index (χ1v) is 23.4. The lowest BCUT2D eigenvalue weighted by Crippen LogP contribution is -2.66. The number of hydrogen-bond donors (Lipinski definition) is 3. The van der Waals surface area contributed by atoms with Gasteiger partial charge < -0.3 is 49.1 Å². The van der Waals surface area contributed by atoms with Crippen molar-refractivity contribution in [1.29, 1.82) is 0 Å². The standard InChI is InChI=1S/C55H63N3O12/c1-37(2)46(53(62)70-55(3,4)5)58-50(60)43(56-54(63)67-35-41-27-17-9-18-28-41)31-45(59)57-51-49(69-52(61)42-29-19-10-20-30-42)48(66-34-40-25-15-8-16-26-40)47(65-33-39-23-13-7-14-24-39)44(68-51)36-64-32-38-21-11-6-12-22-38/h6-30,37,43-44,46-49,51H,31-36H2,1-5H3,(H,56,63)(H,57,59)(H,58,60)/t43-,44+,46-,47-,48-,49+,51+/m0/s1. The minimum atomic E-state index is -1.59. The topological polar surface area (TPSA) is 186 Å². The third-order valence-electron chi connectivity index (χ3n) is 11.0. The molecular formula is C55H63N3O12. The van der Waals surface area contributed by atoms with E-state index in [1.807, 2.05) is 97.1 Å². The molecule has 5 aromatic carbocycles. The molecule has 0 aromatic heterocycles. The quantitative estimate of drug-likeness (QED) is 0.0456. The Morgan fingerprint density at radius 3 is 1.60 bits per heavy atom. The number of ether oxygens (including phenoxy) is 7. The zero-order valence-corrected chi connectivity index (χ0v) is 40.2. The summed E-state index contributed by atoms with van der Waals surface area (Å²) in [7, 11) is 0. The van der Waals surface area contributed by atoms with Crippen LogP contribution >= 0.6 is 0 Å². The fourth-order valence-electron chi connectivity index (χ4n) is 7.49. The van der Waals surface area contributed by atoms with Crippen LogP contribution in [0.1, 0.15) is 73.7 Å². The van der Waals surface area contributed by atoms with Crippen molar-refractivity contribution in [1.82, 2.24) is 16.0 Å². The molecule has 1 saturated heterocycles. The fraction of sp³-hybridized carbons (Fsp3) is 0.364. The van der Waals surface area contributed by atoms with Crippen LogP contribution in [0.3, 0.4) is 0 Å². The zero-order valence-electron chi connectivity index (χ0n) is 40.2. The summed E-state index contributed by atoms with van der Waals surface area (Å²) in [5.74, 6) is -3.54. The average Bonchev–Trinajstić information content (AvgIpc) is 3.35. The summed E-state index contributed by atoms with van der Waals surface area (Å²) in [5.41, 5.74) is 2.61. The second kappa shape index (κ2) is 26.2. The molecule has 0 aliphatic carbocycles. The molecule has 0 spiro atoms. The summed E-state index contributed by atoms with van der Waals surface area (Å²) in [6, 6.07) is 43.0. The predicted molar refractivity (Wildman–Crippen MR) is 259 cm³/mol. The first-order chi connectivity index (χ1) is 33.7. The van der Waals surface area contributed by atoms with Gasteiger partial charge in [-0.05, 0) is 61.1 Å². The lowest BCUT2D eigenvalue weighted by atomic mass is 9.96. The van der Waals surface area contributed by atoms with Gasteiger partial charge in [0.15, 0.2) is 12.3 Å². The summed E-state index contributed by atoms with van der Waals surface area (Å²) < 4.78 is 43.7. The van der Waals surface area contributed by atoms with E-state index in [2.05, 4.69) is 16.0 Å². The van der Waals surface area contributed by atoms with Crippen LogP contribution in [0.5, 0.6) is 0 Å². The SMILES string of the molecule is CC(C)[C@H](NC(=O)[C@H](CC(=O)N[C@@H]1O[C@H](COCc2ccccc2)[C@H](OCc2ccccc2)[C@H](OCc2ccccc2)[C@H]1OC(=O)c1ccccc1)NC(=O)OCc1ccccc1)C(=O)OC(C)(C)C. The number of nitrogens with one attached hydrogen (secondary N) is 3. The lowest BCUT2D eigenvalue weighted by Gasteiger charge is -2.46. The monoisotopic (exact) mass is 957 g/mol. The molecule has 3 N–H and O–H groups in total. The second-order valence-electron chi connectivity index (χ2n) is 18.1. The third kappa shape index (κ3) is 16.7. The highest BCUT2D eigenvalue weighted by Crippen LogP contribution is 2.31. The fourth-order valence-corrected chi connectivity index (χ4v) is 7.49. The molecule has 0 saturated carbocycles. The Morgan fingerprint density at radius 2 is 1.09 bits per heavy atom. The molecule has 0 bridgehead atoms. The van der Waals surface area contributed by atoms with E-state index in [0.29, 0.717) is 5.56 Å². The summed E-state index contributed by atoms with van der Waals surface area (Å²) in [4.78, 5) is 69.5. The highest BCUT2D eigenvalue weighted by Gasteiger charge is 2.51. The number of benzene rings is 5. The van der Waals surface area contributed by atoms with Gasteiger partial charge in [-0.1, -0.05) is 153 Å². The van der Waals surface area contributed by atoms with Gasteiger partial charge in [0.25, 0.3) is 0 Å². The van der Waals surface area contributed by atoms with Crippen molar-refractivity contribution < 1.29 is 57.1 Å². The van der Waals surface area contributed by atoms with Crippen molar-refractivity contribution >= 4 is 29.8 Å². The van der Waals surface area contributed by atoms with Crippen molar-refractivity contribution in [3.63, 3.8) is 0 Å². The minimum absolute atomic E-state index is 0.0492. The molecule has 1 fully saturated rings. The van der Waals surface area contributed by atoms with Crippen molar-refractivity contribution in [3.8, 4) is 0 Å². The van der Waals surface area contributed by atoms with Crippen LogP contribution < -0.4 is 16.0 Å². The van der Waals surface area contributed by atoms with E-state index in [-0.39, 0.29) is 38.6 Å². The first kappa shape index (κ1) is 52.5. The van der Waals surface area contributed by atoms with Crippen LogP contribution in [0.15, 0.2) is 152 Å². The molecule has 70 heavy (non-hydrogen) atoms. The van der Waals surface area contributed by atoms with E-state index >= 15 is 0 Å². The van der Waals surface area contributed by atoms with E-state index in [1.165, 1.54) is 0 Å². The van der Waals surface area contributed by atoms with Gasteiger partial charge in [0.1, 0.15) is 42.6 Å². The maximum Gasteiger partial charge on any atom is 0.408 e. The number of hydrogen-bond acceptors (Lipinski definition) is 12. The Kier molecular flexibility index (Phi) is 19.6. The van der Waals surface area contributed by atoms with Crippen LogP contribution in [-0.4, -0.2) is 84.8 Å². The summed E-state index contributed by atoms with van der Waals surface area (Å²) in [5, 5.41) is 8.03. The Morgan fingerprint density at radius 1 is 0.600 bits per heavy atom. The molecule has 15 nitrogen and oxygen atoms in total. The molecule has 1 aliphatic heterocycles. The first-order valence-electron chi connectivity index (χ1n) is 23.4. The molecule has 0 unspecified atom stereocenters. The number of carbonyl (C=O) groups excluding carboxylic acids is 5. The van der Waals surface area contributed by atoms with Crippen molar-refractivity contribution in [2.45, 2.75) is 116 Å². The third-order valence-corrected chi connectivity index (χ3v) is 11.0. The van der Waals surface area contributed by atoms with E-state index in [0.717, 1.165) is 16.7 Å². The lowest BCUT2D eigenvalue weighted by molar-refractivity contribution is -0.265. The second-order valence-corrected chi connectivity index (χ2v) is 18.1. The molecule has 6 rings (SSSR count). The summed E-state index contributed by atoms with van der Waals surface area (Å²) in [6.45, 7) is 8.77. The normalized spacial score (nSPS) is 18.7. The van der Waals surface area contributed by atoms with Crippen molar-refractivity contribution in [2.75, 3.05) is 6.61 Å². The Balaban J connectivity index is 1.33. The minimum Gasteiger partial charge on any atom is -0.458 e. The van der Waals surface area contributed by atoms with Crippen molar-refractivity contribution in [2.24, 2.45) is 5.92 Å². The number of carbonyl (C=O) groups is 5. The molecule has 0 radical (unpaired) electrons. The van der Waals surface area contributed by atoms with Gasteiger partial charge in [0.2, 0.25) is 11.8 Å². The van der Waals surface area contributed by atoms with Gasteiger partial charge in [0.05, 0.1) is 38.4 Å². The summed E-state index contributed by atoms with van der Waals surface area (Å²) in [6.07, 6.45) is -7.43. The molecule has 7 atom stereocenters. The van der Waals surface area contributed by atoms with E-state index < -0.39 is 90.5 Å². The maximum atomic E-state index is 14.5. The van der Waals surface area contributed by atoms with Crippen LogP contribution in [-0.2, 0) is 74.0 Å². The number of amides is 3. The van der Waals surface area contributed by atoms with Gasteiger partial charge in [-0.25, -0.2) is 14.4 Å². The zero-order chi connectivity index (χ0) is 49.9. The van der Waals surface area contributed by atoms with Gasteiger partial charge in [-0.2, -0.15) is 0 Å². The molecular weight excluding hydrogens is 895 g/mol. The molecule has 1 aliphatic rings. The van der Waals surface area contributed by atoms with Gasteiger partial charge in [-0.15, -0.1) is 0 Å². The number of alkyl carbamates (subject to hydrolysis) is 1. The average molecular weight is 958 g/mol. The highest BCUT2D eigenvalue weighted by molar-refractivity contribution is 5.93. The van der Waals surface area contributed by atoms with Gasteiger partial charge >= 0.3 is 18.0 Å². The maximum absolute atomic E-state index is 14.5. The van der Waals surface area contributed by atoms with E-state index in [9.17, 15) is 24.0 Å². The van der Waals surface area contributed by atoms with Crippen molar-refractivity contribution in [3.05, 3.63) is 179 Å². The Labute approximate surface area is 409 Å². The number of rotatable bonds is 22. The van der Waals surface area contributed by atoms with E-state index in [1.54, 1.807) is 89.2 Å². The Hall–Kier alpha value is -6.91. The van der Waals surface area contributed by atoms with Crippen LogP contribution in [0, 0.1) is 5.92 Å². The predicted octanol–water partition coefficient (Wildman–Crippen LogP) is 7.61. The largest absolute Gasteiger partial charge is 0.458 e. The summed E-state index contributed by atoms with van der Waals surface area (Å²) >= 11 is 0. The van der Waals surface area contributed by atoms with E-state index in [4.69, 9.17) is 33.2 Å².